The van der Waals surface area contributed by atoms with E-state index in [1.54, 1.807) is 0 Å². The van der Waals surface area contributed by atoms with Gasteiger partial charge in [0, 0.05) is 39.1 Å². The number of benzene rings is 1. The minimum atomic E-state index is 0.467. The van der Waals surface area contributed by atoms with E-state index in [4.69, 9.17) is 4.74 Å². The van der Waals surface area contributed by atoms with Crippen molar-refractivity contribution in [1.29, 1.82) is 0 Å². The summed E-state index contributed by atoms with van der Waals surface area (Å²) in [6, 6.07) is 10.5. The Morgan fingerprint density at radius 3 is 2.71 bits per heavy atom. The summed E-state index contributed by atoms with van der Waals surface area (Å²) in [4.78, 5) is 4.93. The zero-order valence-electron chi connectivity index (χ0n) is 16.8. The van der Waals surface area contributed by atoms with Crippen LogP contribution in [-0.4, -0.2) is 70.5 Å². The first-order valence-electron chi connectivity index (χ1n) is 10.4. The topological polar surface area (TPSA) is 46.4 Å². The summed E-state index contributed by atoms with van der Waals surface area (Å²) in [5.74, 6) is 2.67. The van der Waals surface area contributed by atoms with Crippen LogP contribution in [0.5, 0.6) is 0 Å². The van der Waals surface area contributed by atoms with E-state index in [0.717, 1.165) is 64.1 Å². The first-order valence-corrected chi connectivity index (χ1v) is 10.4. The average molecular weight is 382 g/mol. The molecule has 150 valence electrons. The van der Waals surface area contributed by atoms with Gasteiger partial charge in [0.25, 0.3) is 0 Å². The summed E-state index contributed by atoms with van der Waals surface area (Å²) in [7, 11) is 2.12. The first-order chi connectivity index (χ1) is 13.8. The summed E-state index contributed by atoms with van der Waals surface area (Å²) in [6.07, 6.45) is 6.91. The highest BCUT2D eigenvalue weighted by Gasteiger charge is 2.26. The molecular weight excluding hydrogens is 350 g/mol. The molecule has 0 bridgehead atoms. The summed E-state index contributed by atoms with van der Waals surface area (Å²) in [6.45, 7) is 7.67. The van der Waals surface area contributed by atoms with Gasteiger partial charge in [-0.15, -0.1) is 10.2 Å². The van der Waals surface area contributed by atoms with E-state index in [2.05, 4.69) is 74.1 Å². The van der Waals surface area contributed by atoms with Crippen molar-refractivity contribution in [3.8, 4) is 0 Å². The molecule has 1 aromatic heterocycles. The van der Waals surface area contributed by atoms with Crippen molar-refractivity contribution in [2.24, 2.45) is 7.05 Å². The Morgan fingerprint density at radius 1 is 1.07 bits per heavy atom. The maximum absolute atomic E-state index is 5.44. The Labute approximate surface area is 167 Å². The minimum absolute atomic E-state index is 0.467. The lowest BCUT2D eigenvalue weighted by Crippen LogP contribution is -2.37. The lowest BCUT2D eigenvalue weighted by Gasteiger charge is -2.31. The average Bonchev–Trinajstić information content (AvgIpc) is 3.10. The van der Waals surface area contributed by atoms with E-state index < -0.39 is 0 Å². The highest BCUT2D eigenvalue weighted by Crippen LogP contribution is 2.26. The number of hydrogen-bond donors (Lipinski definition) is 0. The smallest absolute Gasteiger partial charge is 0.146 e. The van der Waals surface area contributed by atoms with Crippen LogP contribution in [0.2, 0.25) is 0 Å². The molecule has 0 unspecified atom stereocenters. The SMILES string of the molecule is Cn1c(CN2CCOCC2)nnc1[C@@H]1CCCN(C/C=C/c2ccccc2)C1. The third kappa shape index (κ3) is 4.87. The normalized spacial score (nSPS) is 22.1. The van der Waals surface area contributed by atoms with E-state index in [1.807, 2.05) is 0 Å². The Bertz CT molecular complexity index is 766. The van der Waals surface area contributed by atoms with Gasteiger partial charge < -0.3 is 9.30 Å². The van der Waals surface area contributed by atoms with Crippen molar-refractivity contribution in [3.63, 3.8) is 0 Å². The molecule has 0 aliphatic carbocycles. The molecule has 1 aromatic carbocycles. The zero-order valence-corrected chi connectivity index (χ0v) is 16.8. The van der Waals surface area contributed by atoms with Crippen molar-refractivity contribution >= 4 is 6.08 Å². The fourth-order valence-electron chi connectivity index (χ4n) is 4.16. The van der Waals surface area contributed by atoms with Gasteiger partial charge in [0.1, 0.15) is 11.6 Å². The number of ether oxygens (including phenoxy) is 1. The molecule has 2 aromatic rings. The monoisotopic (exact) mass is 381 g/mol. The minimum Gasteiger partial charge on any atom is -0.379 e. The van der Waals surface area contributed by atoms with Crippen LogP contribution in [0.3, 0.4) is 0 Å². The Balaban J connectivity index is 1.34. The van der Waals surface area contributed by atoms with E-state index >= 15 is 0 Å². The maximum atomic E-state index is 5.44. The van der Waals surface area contributed by atoms with Gasteiger partial charge in [-0.2, -0.15) is 0 Å². The molecule has 2 aliphatic heterocycles. The van der Waals surface area contributed by atoms with E-state index in [9.17, 15) is 0 Å². The fraction of sp³-hybridized carbons (Fsp3) is 0.545. The number of morpholine rings is 1. The highest BCUT2D eigenvalue weighted by atomic mass is 16.5. The van der Waals surface area contributed by atoms with Gasteiger partial charge in [-0.25, -0.2) is 0 Å². The molecule has 0 radical (unpaired) electrons. The lowest BCUT2D eigenvalue weighted by atomic mass is 9.97. The summed E-state index contributed by atoms with van der Waals surface area (Å²) in [5.41, 5.74) is 1.26. The van der Waals surface area contributed by atoms with E-state index in [0.29, 0.717) is 5.92 Å². The van der Waals surface area contributed by atoms with Crippen LogP contribution in [0.25, 0.3) is 6.08 Å². The quantitative estimate of drug-likeness (QED) is 0.770. The molecule has 0 saturated carbocycles. The molecule has 0 N–H and O–H groups in total. The van der Waals surface area contributed by atoms with Gasteiger partial charge >= 0.3 is 0 Å². The molecule has 6 heteroatoms. The van der Waals surface area contributed by atoms with Crippen molar-refractivity contribution in [3.05, 3.63) is 53.6 Å². The maximum Gasteiger partial charge on any atom is 0.146 e. The molecule has 0 spiro atoms. The number of rotatable bonds is 6. The van der Waals surface area contributed by atoms with Gasteiger partial charge in [0.05, 0.1) is 19.8 Å². The van der Waals surface area contributed by atoms with Gasteiger partial charge in [0.2, 0.25) is 0 Å². The molecule has 4 rings (SSSR count). The number of likely N-dealkylation sites (tertiary alicyclic amines) is 1. The van der Waals surface area contributed by atoms with Crippen molar-refractivity contribution in [2.45, 2.75) is 25.3 Å². The van der Waals surface area contributed by atoms with Crippen LogP contribution in [0, 0.1) is 0 Å². The van der Waals surface area contributed by atoms with Gasteiger partial charge in [0.15, 0.2) is 0 Å². The third-order valence-electron chi connectivity index (χ3n) is 5.81. The van der Waals surface area contributed by atoms with Crippen molar-refractivity contribution in [1.82, 2.24) is 24.6 Å². The summed E-state index contributed by atoms with van der Waals surface area (Å²) < 4.78 is 7.67. The molecule has 6 nitrogen and oxygen atoms in total. The lowest BCUT2D eigenvalue weighted by molar-refractivity contribution is 0.0326. The van der Waals surface area contributed by atoms with Crippen molar-refractivity contribution < 1.29 is 4.74 Å². The van der Waals surface area contributed by atoms with Gasteiger partial charge in [-0.05, 0) is 24.9 Å². The second kappa shape index (κ2) is 9.45. The zero-order chi connectivity index (χ0) is 19.2. The second-order valence-electron chi connectivity index (χ2n) is 7.83. The van der Waals surface area contributed by atoms with Gasteiger partial charge in [-0.1, -0.05) is 42.5 Å². The van der Waals surface area contributed by atoms with E-state index in [1.165, 1.54) is 18.4 Å². The number of hydrogen-bond acceptors (Lipinski definition) is 5. The second-order valence-corrected chi connectivity index (χ2v) is 7.83. The molecule has 1 atom stereocenters. The molecule has 2 saturated heterocycles. The predicted molar refractivity (Wildman–Crippen MR) is 111 cm³/mol. The van der Waals surface area contributed by atoms with Crippen LogP contribution in [-0.2, 0) is 18.3 Å². The van der Waals surface area contributed by atoms with E-state index in [-0.39, 0.29) is 0 Å². The fourth-order valence-corrected chi connectivity index (χ4v) is 4.16. The molecule has 3 heterocycles. The number of piperidine rings is 1. The van der Waals surface area contributed by atoms with Crippen LogP contribution in [0.15, 0.2) is 36.4 Å². The number of aromatic nitrogens is 3. The van der Waals surface area contributed by atoms with Crippen LogP contribution >= 0.6 is 0 Å². The highest BCUT2D eigenvalue weighted by molar-refractivity contribution is 5.48. The Kier molecular flexibility index (Phi) is 6.52. The third-order valence-corrected chi connectivity index (χ3v) is 5.81. The summed E-state index contributed by atoms with van der Waals surface area (Å²) >= 11 is 0. The molecule has 28 heavy (non-hydrogen) atoms. The number of nitrogens with zero attached hydrogens (tertiary/aromatic N) is 5. The molecular formula is C22H31N5O. The first kappa shape index (κ1) is 19.3. The Morgan fingerprint density at radius 2 is 1.89 bits per heavy atom. The molecule has 2 aliphatic rings. The van der Waals surface area contributed by atoms with Crippen LogP contribution in [0.4, 0.5) is 0 Å². The van der Waals surface area contributed by atoms with Gasteiger partial charge in [-0.3, -0.25) is 9.80 Å². The van der Waals surface area contributed by atoms with Crippen LogP contribution < -0.4 is 0 Å². The largest absolute Gasteiger partial charge is 0.379 e. The molecule has 0 amide bonds. The molecule has 2 fully saturated rings. The summed E-state index contributed by atoms with van der Waals surface area (Å²) in [5, 5.41) is 9.09. The van der Waals surface area contributed by atoms with Crippen molar-refractivity contribution in [2.75, 3.05) is 45.9 Å². The standard InChI is InChI=1S/C22H31N5O/c1-25-21(18-27-13-15-28-16-14-27)23-24-22(25)20-10-6-12-26(17-20)11-5-9-19-7-3-2-4-8-19/h2-5,7-9,20H,6,10-18H2,1H3/b9-5+/t20-/m1/s1. The Hall–Kier alpha value is -2.02. The predicted octanol–water partition coefficient (Wildman–Crippen LogP) is 2.54. The van der Waals surface area contributed by atoms with Crippen LogP contribution in [0.1, 0.15) is 36.0 Å².